The van der Waals surface area contributed by atoms with E-state index >= 15 is 0 Å². The van der Waals surface area contributed by atoms with Crippen LogP contribution in [0.2, 0.25) is 0 Å². The Morgan fingerprint density at radius 1 is 1.12 bits per heavy atom. The molecule has 0 atom stereocenters. The highest BCUT2D eigenvalue weighted by atomic mass is 16.5. The van der Waals surface area contributed by atoms with E-state index < -0.39 is 0 Å². The second-order valence-electron chi connectivity index (χ2n) is 8.88. The summed E-state index contributed by atoms with van der Waals surface area (Å²) in [6.07, 6.45) is 6.12. The van der Waals surface area contributed by atoms with Gasteiger partial charge in [-0.3, -0.25) is 14.2 Å². The highest BCUT2D eigenvalue weighted by Crippen LogP contribution is 2.33. The Labute approximate surface area is 198 Å². The zero-order valence-electron chi connectivity index (χ0n) is 20.1. The van der Waals surface area contributed by atoms with Gasteiger partial charge in [0.15, 0.2) is 0 Å². The van der Waals surface area contributed by atoms with Crippen LogP contribution in [-0.4, -0.2) is 58.3 Å². The lowest BCUT2D eigenvalue weighted by Gasteiger charge is -2.34. The average molecular weight is 462 g/mol. The van der Waals surface area contributed by atoms with Crippen molar-refractivity contribution in [2.24, 2.45) is 14.1 Å². The molecule has 0 bridgehead atoms. The van der Waals surface area contributed by atoms with Gasteiger partial charge in [0, 0.05) is 68.1 Å². The lowest BCUT2D eigenvalue weighted by atomic mass is 10.0. The number of anilines is 2. The van der Waals surface area contributed by atoms with Crippen molar-refractivity contribution in [3.8, 4) is 5.75 Å². The molecule has 1 aliphatic heterocycles. The molecule has 1 saturated heterocycles. The number of piperidine rings is 1. The van der Waals surface area contributed by atoms with Crippen molar-refractivity contribution in [2.45, 2.75) is 25.8 Å². The van der Waals surface area contributed by atoms with Crippen LogP contribution in [0.1, 0.15) is 30.1 Å². The molecule has 5 rings (SSSR count). The second-order valence-corrected chi connectivity index (χ2v) is 8.88. The molecule has 2 N–H and O–H groups in total. The maximum absolute atomic E-state index is 13.4. The summed E-state index contributed by atoms with van der Waals surface area (Å²) in [6.45, 7) is 5.12. The summed E-state index contributed by atoms with van der Waals surface area (Å²) in [5.74, 6) is 0.347. The molecule has 9 nitrogen and oxygen atoms in total. The Balaban J connectivity index is 1.45. The number of rotatable bonds is 6. The van der Waals surface area contributed by atoms with E-state index in [-0.39, 0.29) is 5.91 Å². The normalized spacial score (nSPS) is 14.8. The number of methoxy groups -OCH3 is 1. The predicted molar refractivity (Wildman–Crippen MR) is 135 cm³/mol. The SMILES string of the molecule is CCNC1CCN(c2ccc(C(=O)Nc3cc4cn(C)nc4cc3OC)c3nn(C)cc23)CC1. The molecule has 1 aliphatic rings. The highest BCUT2D eigenvalue weighted by Gasteiger charge is 2.23. The molecule has 0 radical (unpaired) electrons. The predicted octanol–water partition coefficient (Wildman–Crippen LogP) is 3.30. The first kappa shape index (κ1) is 22.2. The summed E-state index contributed by atoms with van der Waals surface area (Å²) >= 11 is 0. The van der Waals surface area contributed by atoms with Crippen LogP contribution in [0.15, 0.2) is 36.7 Å². The highest BCUT2D eigenvalue weighted by molar-refractivity contribution is 6.14. The molecule has 0 saturated carbocycles. The number of hydrogen-bond donors (Lipinski definition) is 2. The number of aromatic nitrogens is 4. The zero-order chi connectivity index (χ0) is 23.8. The van der Waals surface area contributed by atoms with Gasteiger partial charge in [-0.05, 0) is 37.6 Å². The van der Waals surface area contributed by atoms with Crippen LogP contribution in [-0.2, 0) is 14.1 Å². The molecule has 0 unspecified atom stereocenters. The molecular weight excluding hydrogens is 430 g/mol. The summed E-state index contributed by atoms with van der Waals surface area (Å²) in [5, 5.41) is 17.6. The molecular formula is C25H31N7O2. The molecule has 0 spiro atoms. The van der Waals surface area contributed by atoms with Crippen molar-refractivity contribution in [1.82, 2.24) is 24.9 Å². The third-order valence-electron chi connectivity index (χ3n) is 6.53. The Morgan fingerprint density at radius 3 is 2.62 bits per heavy atom. The topological polar surface area (TPSA) is 89.2 Å². The van der Waals surface area contributed by atoms with Gasteiger partial charge in [0.05, 0.1) is 23.9 Å². The molecule has 1 fully saturated rings. The van der Waals surface area contributed by atoms with E-state index in [0.29, 0.717) is 28.6 Å². The van der Waals surface area contributed by atoms with Gasteiger partial charge in [0.25, 0.3) is 5.91 Å². The lowest BCUT2D eigenvalue weighted by molar-refractivity contribution is 0.102. The van der Waals surface area contributed by atoms with Gasteiger partial charge < -0.3 is 20.3 Å². The van der Waals surface area contributed by atoms with Crippen LogP contribution < -0.4 is 20.3 Å². The van der Waals surface area contributed by atoms with Crippen LogP contribution in [0.25, 0.3) is 21.8 Å². The summed E-state index contributed by atoms with van der Waals surface area (Å²) in [4.78, 5) is 15.8. The van der Waals surface area contributed by atoms with Crippen LogP contribution in [0.3, 0.4) is 0 Å². The summed E-state index contributed by atoms with van der Waals surface area (Å²) in [6, 6.07) is 8.22. The maximum atomic E-state index is 13.4. The molecule has 2 aromatic heterocycles. The number of benzene rings is 2. The third-order valence-corrected chi connectivity index (χ3v) is 6.53. The number of aryl methyl sites for hydroxylation is 2. The third kappa shape index (κ3) is 4.07. The van der Waals surface area contributed by atoms with Crippen molar-refractivity contribution in [1.29, 1.82) is 0 Å². The van der Waals surface area contributed by atoms with Crippen molar-refractivity contribution in [2.75, 3.05) is 37.0 Å². The van der Waals surface area contributed by atoms with Crippen molar-refractivity contribution < 1.29 is 9.53 Å². The molecule has 178 valence electrons. The first-order valence-electron chi connectivity index (χ1n) is 11.7. The minimum absolute atomic E-state index is 0.220. The standard InChI is InChI=1S/C25H31N7O2/c1-5-26-17-8-10-32(11-9-17)22-7-6-18(24-19(22)15-31(3)29-24)25(33)27-21-12-16-14-30(2)28-20(16)13-23(21)34-4/h6-7,12-15,17,26H,5,8-11H2,1-4H3,(H,27,33). The van der Waals surface area contributed by atoms with Gasteiger partial charge in [0.1, 0.15) is 11.3 Å². The Bertz CT molecular complexity index is 1350. The fraction of sp³-hybridized carbons (Fsp3) is 0.400. The number of fused-ring (bicyclic) bond motifs is 2. The minimum atomic E-state index is -0.220. The van der Waals surface area contributed by atoms with Gasteiger partial charge in [-0.15, -0.1) is 0 Å². The van der Waals surface area contributed by atoms with Crippen molar-refractivity contribution in [3.05, 3.63) is 42.2 Å². The summed E-state index contributed by atoms with van der Waals surface area (Å²) in [7, 11) is 5.35. The van der Waals surface area contributed by atoms with Crippen molar-refractivity contribution in [3.63, 3.8) is 0 Å². The quantitative estimate of drug-likeness (QED) is 0.458. The smallest absolute Gasteiger partial charge is 0.258 e. The van der Waals surface area contributed by atoms with E-state index in [2.05, 4.69) is 32.7 Å². The van der Waals surface area contributed by atoms with Gasteiger partial charge in [-0.1, -0.05) is 6.92 Å². The Kier molecular flexibility index (Phi) is 5.87. The minimum Gasteiger partial charge on any atom is -0.494 e. The maximum Gasteiger partial charge on any atom is 0.258 e. The van der Waals surface area contributed by atoms with Crippen LogP contribution in [0, 0.1) is 0 Å². The van der Waals surface area contributed by atoms with E-state index in [1.807, 2.05) is 50.8 Å². The van der Waals surface area contributed by atoms with Gasteiger partial charge in [-0.25, -0.2) is 0 Å². The number of amides is 1. The number of hydrogen-bond acceptors (Lipinski definition) is 6. The number of nitrogens with one attached hydrogen (secondary N) is 2. The number of carbonyl (C=O) groups is 1. The number of ether oxygens (including phenoxy) is 1. The summed E-state index contributed by atoms with van der Waals surface area (Å²) in [5.41, 5.74) is 3.78. The molecule has 9 heteroatoms. The number of nitrogens with zero attached hydrogens (tertiary/aromatic N) is 5. The molecule has 1 amide bonds. The van der Waals surface area contributed by atoms with Gasteiger partial charge >= 0.3 is 0 Å². The van der Waals surface area contributed by atoms with E-state index in [0.717, 1.165) is 54.5 Å². The van der Waals surface area contributed by atoms with Crippen molar-refractivity contribution >= 4 is 39.1 Å². The molecule has 3 heterocycles. The molecule has 4 aromatic rings. The largest absolute Gasteiger partial charge is 0.494 e. The van der Waals surface area contributed by atoms with Gasteiger partial charge in [-0.2, -0.15) is 10.2 Å². The fourth-order valence-electron chi connectivity index (χ4n) is 4.91. The van der Waals surface area contributed by atoms with Crippen LogP contribution in [0.4, 0.5) is 11.4 Å². The summed E-state index contributed by atoms with van der Waals surface area (Å²) < 4.78 is 9.04. The fourth-order valence-corrected chi connectivity index (χ4v) is 4.91. The van der Waals surface area contributed by atoms with E-state index in [1.54, 1.807) is 16.5 Å². The van der Waals surface area contributed by atoms with E-state index in [9.17, 15) is 4.79 Å². The van der Waals surface area contributed by atoms with Crippen LogP contribution >= 0.6 is 0 Å². The molecule has 34 heavy (non-hydrogen) atoms. The lowest BCUT2D eigenvalue weighted by Crippen LogP contribution is -2.42. The van der Waals surface area contributed by atoms with E-state index in [1.165, 1.54) is 0 Å². The van der Waals surface area contributed by atoms with Crippen LogP contribution in [0.5, 0.6) is 5.75 Å². The zero-order valence-corrected chi connectivity index (χ0v) is 20.1. The average Bonchev–Trinajstić information content (AvgIpc) is 3.39. The number of carbonyl (C=O) groups excluding carboxylic acids is 1. The Hall–Kier alpha value is -3.59. The second kappa shape index (κ2) is 8.98. The molecule has 0 aliphatic carbocycles. The first-order chi connectivity index (χ1) is 16.5. The first-order valence-corrected chi connectivity index (χ1v) is 11.7. The Morgan fingerprint density at radius 2 is 1.88 bits per heavy atom. The monoisotopic (exact) mass is 461 g/mol. The van der Waals surface area contributed by atoms with E-state index in [4.69, 9.17) is 4.74 Å². The van der Waals surface area contributed by atoms with Gasteiger partial charge in [0.2, 0.25) is 0 Å². The molecule has 2 aromatic carbocycles.